The van der Waals surface area contributed by atoms with Gasteiger partial charge >= 0.3 is 0 Å². The fourth-order valence-electron chi connectivity index (χ4n) is 1.69. The molecule has 0 aromatic heterocycles. The first-order valence-corrected chi connectivity index (χ1v) is 6.72. The standard InChI is InChI=1S/C15H21ClO/c1-2-3-4-5-6-7-8-15(17)13-9-11-14(16)12-10-13/h7-12,15,17H,2-6H2,1H3/b8-7+/t15-/m0/s1. The van der Waals surface area contributed by atoms with E-state index in [1.165, 1.54) is 25.7 Å². The molecule has 0 amide bonds. The summed E-state index contributed by atoms with van der Waals surface area (Å²) in [6.07, 6.45) is 9.49. The van der Waals surface area contributed by atoms with Gasteiger partial charge in [-0.2, -0.15) is 0 Å². The second-order valence-corrected chi connectivity index (χ2v) is 4.71. The van der Waals surface area contributed by atoms with E-state index in [2.05, 4.69) is 13.0 Å². The van der Waals surface area contributed by atoms with Gasteiger partial charge in [-0.1, -0.05) is 62.1 Å². The lowest BCUT2D eigenvalue weighted by Gasteiger charge is -2.05. The predicted octanol–water partition coefficient (Wildman–Crippen LogP) is 4.90. The minimum absolute atomic E-state index is 0.515. The molecule has 1 rings (SSSR count). The van der Waals surface area contributed by atoms with Gasteiger partial charge in [0.2, 0.25) is 0 Å². The summed E-state index contributed by atoms with van der Waals surface area (Å²) < 4.78 is 0. The number of rotatable bonds is 7. The van der Waals surface area contributed by atoms with Crippen LogP contribution in [-0.4, -0.2) is 5.11 Å². The maximum absolute atomic E-state index is 9.88. The fourth-order valence-corrected chi connectivity index (χ4v) is 1.81. The summed E-state index contributed by atoms with van der Waals surface area (Å²) in [5.41, 5.74) is 0.888. The molecule has 1 atom stereocenters. The molecule has 0 saturated carbocycles. The molecular formula is C15H21ClO. The third kappa shape index (κ3) is 5.90. The van der Waals surface area contributed by atoms with Gasteiger partial charge < -0.3 is 5.11 Å². The Morgan fingerprint density at radius 3 is 2.53 bits per heavy atom. The van der Waals surface area contributed by atoms with Gasteiger partial charge in [-0.25, -0.2) is 0 Å². The van der Waals surface area contributed by atoms with Crippen molar-refractivity contribution >= 4 is 11.6 Å². The second-order valence-electron chi connectivity index (χ2n) is 4.27. The van der Waals surface area contributed by atoms with E-state index in [9.17, 15) is 5.11 Å². The molecule has 17 heavy (non-hydrogen) atoms. The van der Waals surface area contributed by atoms with E-state index in [-0.39, 0.29) is 0 Å². The molecule has 1 aromatic carbocycles. The molecular weight excluding hydrogens is 232 g/mol. The largest absolute Gasteiger partial charge is 0.384 e. The number of allylic oxidation sites excluding steroid dienone is 1. The fraction of sp³-hybridized carbons (Fsp3) is 0.467. The van der Waals surface area contributed by atoms with Crippen LogP contribution in [0.15, 0.2) is 36.4 Å². The van der Waals surface area contributed by atoms with Crippen molar-refractivity contribution < 1.29 is 5.11 Å². The highest BCUT2D eigenvalue weighted by Crippen LogP contribution is 2.17. The van der Waals surface area contributed by atoms with Gasteiger partial charge in [0.05, 0.1) is 6.10 Å². The lowest BCUT2D eigenvalue weighted by atomic mass is 10.1. The van der Waals surface area contributed by atoms with Crippen molar-refractivity contribution in [1.82, 2.24) is 0 Å². The Kier molecular flexibility index (Phi) is 6.99. The van der Waals surface area contributed by atoms with Crippen molar-refractivity contribution in [2.75, 3.05) is 0 Å². The molecule has 0 aliphatic carbocycles. The molecule has 0 spiro atoms. The van der Waals surface area contributed by atoms with E-state index in [1.807, 2.05) is 18.2 Å². The second kappa shape index (κ2) is 8.32. The molecule has 2 heteroatoms. The summed E-state index contributed by atoms with van der Waals surface area (Å²) in [4.78, 5) is 0. The van der Waals surface area contributed by atoms with Crippen LogP contribution in [0.1, 0.15) is 50.7 Å². The zero-order valence-corrected chi connectivity index (χ0v) is 11.2. The first-order valence-electron chi connectivity index (χ1n) is 6.34. The molecule has 0 bridgehead atoms. The van der Waals surface area contributed by atoms with E-state index in [0.29, 0.717) is 5.02 Å². The number of hydrogen-bond acceptors (Lipinski definition) is 1. The summed E-state index contributed by atoms with van der Waals surface area (Å²) in [7, 11) is 0. The van der Waals surface area contributed by atoms with Gasteiger partial charge in [0, 0.05) is 5.02 Å². The van der Waals surface area contributed by atoms with Crippen molar-refractivity contribution in [1.29, 1.82) is 0 Å². The van der Waals surface area contributed by atoms with E-state index < -0.39 is 6.10 Å². The summed E-state index contributed by atoms with van der Waals surface area (Å²) in [5.74, 6) is 0. The molecule has 94 valence electrons. The zero-order chi connectivity index (χ0) is 12.5. The highest BCUT2D eigenvalue weighted by atomic mass is 35.5. The third-order valence-electron chi connectivity index (χ3n) is 2.75. The molecule has 0 unspecified atom stereocenters. The van der Waals surface area contributed by atoms with Crippen LogP contribution >= 0.6 is 11.6 Å². The Morgan fingerprint density at radius 1 is 1.18 bits per heavy atom. The molecule has 1 N–H and O–H groups in total. The van der Waals surface area contributed by atoms with Crippen LogP contribution < -0.4 is 0 Å². The van der Waals surface area contributed by atoms with Gasteiger partial charge in [-0.05, 0) is 30.5 Å². The minimum Gasteiger partial charge on any atom is -0.384 e. The van der Waals surface area contributed by atoms with Crippen LogP contribution in [0.4, 0.5) is 0 Å². The average molecular weight is 253 g/mol. The van der Waals surface area contributed by atoms with Crippen LogP contribution in [0.3, 0.4) is 0 Å². The predicted molar refractivity (Wildman–Crippen MR) is 74.3 cm³/mol. The maximum atomic E-state index is 9.88. The SMILES string of the molecule is CCCCCC/C=C/[C@H](O)c1ccc(Cl)cc1. The van der Waals surface area contributed by atoms with Gasteiger partial charge in [0.25, 0.3) is 0 Å². The van der Waals surface area contributed by atoms with Crippen molar-refractivity contribution in [2.45, 2.75) is 45.1 Å². The highest BCUT2D eigenvalue weighted by Gasteiger charge is 2.01. The molecule has 0 saturated heterocycles. The lowest BCUT2D eigenvalue weighted by molar-refractivity contribution is 0.228. The quantitative estimate of drug-likeness (QED) is 0.541. The molecule has 0 aliphatic rings. The van der Waals surface area contributed by atoms with E-state index in [1.54, 1.807) is 12.1 Å². The molecule has 0 aliphatic heterocycles. The minimum atomic E-state index is -0.515. The van der Waals surface area contributed by atoms with Crippen molar-refractivity contribution in [3.8, 4) is 0 Å². The molecule has 0 radical (unpaired) electrons. The highest BCUT2D eigenvalue weighted by molar-refractivity contribution is 6.30. The summed E-state index contributed by atoms with van der Waals surface area (Å²) in [6.45, 7) is 2.21. The van der Waals surface area contributed by atoms with Crippen LogP contribution in [0, 0.1) is 0 Å². The molecule has 1 nitrogen and oxygen atoms in total. The van der Waals surface area contributed by atoms with Crippen LogP contribution in [0.5, 0.6) is 0 Å². The Hall–Kier alpha value is -0.790. The van der Waals surface area contributed by atoms with Crippen molar-refractivity contribution in [2.24, 2.45) is 0 Å². The Morgan fingerprint density at radius 2 is 1.88 bits per heavy atom. The number of aliphatic hydroxyl groups excluding tert-OH is 1. The zero-order valence-electron chi connectivity index (χ0n) is 10.4. The number of halogens is 1. The van der Waals surface area contributed by atoms with E-state index in [4.69, 9.17) is 11.6 Å². The van der Waals surface area contributed by atoms with E-state index in [0.717, 1.165) is 12.0 Å². The molecule has 1 aromatic rings. The van der Waals surface area contributed by atoms with Crippen LogP contribution in [0.2, 0.25) is 5.02 Å². The summed E-state index contributed by atoms with van der Waals surface area (Å²) in [6, 6.07) is 7.31. The monoisotopic (exact) mass is 252 g/mol. The van der Waals surface area contributed by atoms with Gasteiger partial charge in [-0.3, -0.25) is 0 Å². The number of aliphatic hydroxyl groups is 1. The first-order chi connectivity index (χ1) is 8.24. The van der Waals surface area contributed by atoms with Crippen molar-refractivity contribution in [3.63, 3.8) is 0 Å². The normalized spacial score (nSPS) is 13.1. The van der Waals surface area contributed by atoms with Gasteiger partial charge in [-0.15, -0.1) is 0 Å². The topological polar surface area (TPSA) is 20.2 Å². The maximum Gasteiger partial charge on any atom is 0.0971 e. The lowest BCUT2D eigenvalue weighted by Crippen LogP contribution is -1.92. The molecule has 0 heterocycles. The van der Waals surface area contributed by atoms with Gasteiger partial charge in [0.15, 0.2) is 0 Å². The number of hydrogen-bond donors (Lipinski definition) is 1. The first kappa shape index (κ1) is 14.3. The third-order valence-corrected chi connectivity index (χ3v) is 3.01. The van der Waals surface area contributed by atoms with Crippen LogP contribution in [-0.2, 0) is 0 Å². The average Bonchev–Trinajstić information content (AvgIpc) is 2.34. The Balaban J connectivity index is 2.30. The smallest absolute Gasteiger partial charge is 0.0971 e. The van der Waals surface area contributed by atoms with Gasteiger partial charge in [0.1, 0.15) is 0 Å². The van der Waals surface area contributed by atoms with E-state index >= 15 is 0 Å². The number of unbranched alkanes of at least 4 members (excludes halogenated alkanes) is 4. The Labute approximate surface area is 109 Å². The van der Waals surface area contributed by atoms with Crippen LogP contribution in [0.25, 0.3) is 0 Å². The number of benzene rings is 1. The summed E-state index contributed by atoms with van der Waals surface area (Å²) in [5, 5.41) is 10.6. The Bertz CT molecular complexity index is 329. The van der Waals surface area contributed by atoms with Crippen molar-refractivity contribution in [3.05, 3.63) is 47.0 Å². The molecule has 0 fully saturated rings. The summed E-state index contributed by atoms with van der Waals surface area (Å²) >= 11 is 5.79.